The van der Waals surface area contributed by atoms with Gasteiger partial charge >= 0.3 is 0 Å². The number of hydrogen-bond donors (Lipinski definition) is 1. The fourth-order valence-electron chi connectivity index (χ4n) is 3.11. The van der Waals surface area contributed by atoms with Gasteiger partial charge in [-0.3, -0.25) is 0 Å². The highest BCUT2D eigenvalue weighted by atomic mass is 16.5. The fourth-order valence-corrected chi connectivity index (χ4v) is 3.11. The monoisotopic (exact) mass is 433 g/mol. The number of benzene rings is 1. The molecule has 0 bridgehead atoms. The summed E-state index contributed by atoms with van der Waals surface area (Å²) in [6.45, 7) is 14.5. The molecule has 0 aliphatic heterocycles. The number of rotatable bonds is 7. The van der Waals surface area contributed by atoms with E-state index in [4.69, 9.17) is 14.7 Å². The van der Waals surface area contributed by atoms with E-state index in [1.807, 2.05) is 44.3 Å². The first-order valence-electron chi connectivity index (χ1n) is 11.3. The smallest absolute Gasteiger partial charge is 0.152 e. The van der Waals surface area contributed by atoms with Gasteiger partial charge in [0.15, 0.2) is 5.82 Å². The zero-order chi connectivity index (χ0) is 23.3. The zero-order valence-electron chi connectivity index (χ0n) is 20.1. The Balaban J connectivity index is 0.000000650. The molecule has 2 aromatic heterocycles. The van der Waals surface area contributed by atoms with Crippen LogP contribution in [0.3, 0.4) is 0 Å². The van der Waals surface area contributed by atoms with E-state index in [2.05, 4.69) is 37.8 Å². The van der Waals surface area contributed by atoms with Crippen molar-refractivity contribution in [1.82, 2.24) is 19.7 Å². The third-order valence-corrected chi connectivity index (χ3v) is 5.55. The molecule has 2 heterocycles. The third kappa shape index (κ3) is 5.75. The van der Waals surface area contributed by atoms with Crippen LogP contribution in [0.25, 0.3) is 22.5 Å². The summed E-state index contributed by atoms with van der Waals surface area (Å²) in [6.07, 6.45) is 7.62. The van der Waals surface area contributed by atoms with E-state index in [0.29, 0.717) is 6.04 Å². The molecule has 0 radical (unpaired) electrons. The van der Waals surface area contributed by atoms with Gasteiger partial charge in [0.05, 0.1) is 24.2 Å². The second-order valence-corrected chi connectivity index (χ2v) is 8.61. The summed E-state index contributed by atoms with van der Waals surface area (Å²) < 4.78 is 7.45. The van der Waals surface area contributed by atoms with Gasteiger partial charge in [-0.2, -0.15) is 5.10 Å². The van der Waals surface area contributed by atoms with E-state index in [0.717, 1.165) is 57.8 Å². The van der Waals surface area contributed by atoms with Crippen molar-refractivity contribution in [3.8, 4) is 22.7 Å². The zero-order valence-corrected chi connectivity index (χ0v) is 20.1. The van der Waals surface area contributed by atoms with Crippen molar-refractivity contribution in [1.29, 1.82) is 0 Å². The van der Waals surface area contributed by atoms with E-state index in [9.17, 15) is 0 Å². The molecule has 0 saturated heterocycles. The molecule has 1 saturated carbocycles. The van der Waals surface area contributed by atoms with E-state index in [1.54, 1.807) is 18.0 Å². The maximum atomic E-state index is 5.66. The van der Waals surface area contributed by atoms with Crippen molar-refractivity contribution in [2.45, 2.75) is 59.9 Å². The molecule has 1 atom stereocenters. The fraction of sp³-hybridized carbons (Fsp3) is 0.423. The summed E-state index contributed by atoms with van der Waals surface area (Å²) in [4.78, 5) is 9.70. The largest absolute Gasteiger partial charge is 0.496 e. The van der Waals surface area contributed by atoms with Gasteiger partial charge in [0, 0.05) is 30.1 Å². The van der Waals surface area contributed by atoms with Crippen molar-refractivity contribution in [2.75, 3.05) is 12.4 Å². The topological polar surface area (TPSA) is 64.9 Å². The van der Waals surface area contributed by atoms with Crippen LogP contribution in [-0.2, 0) is 0 Å². The van der Waals surface area contributed by atoms with E-state index < -0.39 is 0 Å². The van der Waals surface area contributed by atoms with Crippen LogP contribution in [-0.4, -0.2) is 32.9 Å². The number of anilines is 1. The molecule has 1 aromatic carbocycles. The van der Waals surface area contributed by atoms with Gasteiger partial charge in [0.25, 0.3) is 0 Å². The Hall–Kier alpha value is -3.15. The van der Waals surface area contributed by atoms with Crippen molar-refractivity contribution < 1.29 is 4.74 Å². The predicted molar refractivity (Wildman–Crippen MR) is 132 cm³/mol. The van der Waals surface area contributed by atoms with E-state index in [-0.39, 0.29) is 0 Å². The molecule has 1 aliphatic carbocycles. The molecular weight excluding hydrogens is 398 g/mol. The normalized spacial score (nSPS) is 13.7. The average Bonchev–Trinajstić information content (AvgIpc) is 3.37. The molecule has 170 valence electrons. The third-order valence-electron chi connectivity index (χ3n) is 5.55. The van der Waals surface area contributed by atoms with Crippen LogP contribution in [0.2, 0.25) is 0 Å². The van der Waals surface area contributed by atoms with Crippen molar-refractivity contribution in [3.05, 3.63) is 54.6 Å². The predicted octanol–water partition coefficient (Wildman–Crippen LogP) is 6.31. The van der Waals surface area contributed by atoms with Crippen LogP contribution in [0, 0.1) is 12.8 Å². The maximum absolute atomic E-state index is 5.66. The SMILES string of the molecule is C=C(C)c1nc(-c2ccc(-n3cccn3)cc2OC)c(C)nc1NC(C)CC.CC1CC1. The highest BCUT2D eigenvalue weighted by Crippen LogP contribution is 2.34. The Morgan fingerprint density at radius 3 is 2.56 bits per heavy atom. The first kappa shape index (κ1) is 23.5. The second kappa shape index (κ2) is 10.4. The molecule has 1 fully saturated rings. The van der Waals surface area contributed by atoms with Gasteiger partial charge in [0.1, 0.15) is 11.4 Å². The summed E-state index contributed by atoms with van der Waals surface area (Å²) in [5.74, 6) is 2.58. The highest BCUT2D eigenvalue weighted by Gasteiger charge is 2.18. The first-order chi connectivity index (χ1) is 15.3. The molecule has 6 nitrogen and oxygen atoms in total. The Kier molecular flexibility index (Phi) is 7.67. The summed E-state index contributed by atoms with van der Waals surface area (Å²) >= 11 is 0. The molecule has 1 N–H and O–H groups in total. The van der Waals surface area contributed by atoms with Gasteiger partial charge in [-0.25, -0.2) is 14.6 Å². The minimum Gasteiger partial charge on any atom is -0.496 e. The number of hydrogen-bond acceptors (Lipinski definition) is 5. The standard InChI is InChI=1S/C22H27N5O.C4H8/c1-7-15(4)24-22-20(14(2)3)26-21(16(5)25-22)18-10-9-17(13-19(18)28-6)27-12-8-11-23-27;1-4-2-3-4/h8-13,15H,2,7H2,1,3-6H3,(H,24,25);4H,2-3H2,1H3. The van der Waals surface area contributed by atoms with Gasteiger partial charge in [0.2, 0.25) is 0 Å². The van der Waals surface area contributed by atoms with Crippen LogP contribution in [0.15, 0.2) is 43.2 Å². The van der Waals surface area contributed by atoms with Crippen LogP contribution >= 0.6 is 0 Å². The summed E-state index contributed by atoms with van der Waals surface area (Å²) in [5, 5.41) is 7.72. The molecule has 3 aromatic rings. The molecule has 32 heavy (non-hydrogen) atoms. The molecule has 1 aliphatic rings. The molecular formula is C26H35N5O. The number of aromatic nitrogens is 4. The lowest BCUT2D eigenvalue weighted by Gasteiger charge is -2.18. The summed E-state index contributed by atoms with van der Waals surface area (Å²) in [5.41, 5.74) is 5.08. The van der Waals surface area contributed by atoms with E-state index >= 15 is 0 Å². The Morgan fingerprint density at radius 1 is 1.31 bits per heavy atom. The first-order valence-corrected chi connectivity index (χ1v) is 11.3. The van der Waals surface area contributed by atoms with Crippen molar-refractivity contribution >= 4 is 11.4 Å². The molecule has 4 rings (SSSR count). The molecule has 0 spiro atoms. The number of ether oxygens (including phenoxy) is 1. The second-order valence-electron chi connectivity index (χ2n) is 8.61. The lowest BCUT2D eigenvalue weighted by atomic mass is 10.1. The number of nitrogens with zero attached hydrogens (tertiary/aromatic N) is 4. The Bertz CT molecular complexity index is 1050. The van der Waals surface area contributed by atoms with Crippen LogP contribution < -0.4 is 10.1 Å². The van der Waals surface area contributed by atoms with Gasteiger partial charge in [-0.15, -0.1) is 0 Å². The lowest BCUT2D eigenvalue weighted by molar-refractivity contribution is 0.416. The Labute approximate surface area is 191 Å². The summed E-state index contributed by atoms with van der Waals surface area (Å²) in [6, 6.07) is 8.14. The van der Waals surface area contributed by atoms with E-state index in [1.165, 1.54) is 12.8 Å². The van der Waals surface area contributed by atoms with Crippen LogP contribution in [0.1, 0.15) is 58.3 Å². The van der Waals surface area contributed by atoms with Gasteiger partial charge in [-0.1, -0.05) is 33.3 Å². The molecule has 6 heteroatoms. The Morgan fingerprint density at radius 2 is 2.03 bits per heavy atom. The van der Waals surface area contributed by atoms with Crippen molar-refractivity contribution in [3.63, 3.8) is 0 Å². The minimum atomic E-state index is 0.306. The number of allylic oxidation sites excluding steroid dienone is 1. The highest BCUT2D eigenvalue weighted by molar-refractivity contribution is 5.76. The molecule has 1 unspecified atom stereocenters. The summed E-state index contributed by atoms with van der Waals surface area (Å²) in [7, 11) is 1.66. The average molecular weight is 434 g/mol. The number of nitrogens with one attached hydrogen (secondary N) is 1. The number of methoxy groups -OCH3 is 1. The maximum Gasteiger partial charge on any atom is 0.152 e. The van der Waals surface area contributed by atoms with Gasteiger partial charge < -0.3 is 10.1 Å². The minimum absolute atomic E-state index is 0.306. The quantitative estimate of drug-likeness (QED) is 0.473. The number of aryl methyl sites for hydroxylation is 1. The lowest BCUT2D eigenvalue weighted by Crippen LogP contribution is -2.17. The van der Waals surface area contributed by atoms with Crippen molar-refractivity contribution in [2.24, 2.45) is 5.92 Å². The van der Waals surface area contributed by atoms with Gasteiger partial charge in [-0.05, 0) is 56.9 Å². The molecule has 0 amide bonds. The van der Waals surface area contributed by atoms with Crippen LogP contribution in [0.4, 0.5) is 5.82 Å². The van der Waals surface area contributed by atoms with Crippen LogP contribution in [0.5, 0.6) is 5.75 Å².